The summed E-state index contributed by atoms with van der Waals surface area (Å²) in [5.41, 5.74) is 2.75. The number of hydrogen-bond donors (Lipinski definition) is 1. The zero-order valence-electron chi connectivity index (χ0n) is 18.8. The number of aromatic nitrogens is 2. The van der Waals surface area contributed by atoms with E-state index in [1.165, 1.54) is 0 Å². The summed E-state index contributed by atoms with van der Waals surface area (Å²) < 4.78 is 8.10. The van der Waals surface area contributed by atoms with Crippen LogP contribution in [0.2, 0.25) is 10.0 Å². The Labute approximate surface area is 209 Å². The quantitative estimate of drug-likeness (QED) is 0.239. The van der Waals surface area contributed by atoms with Crippen LogP contribution in [0.4, 0.5) is 0 Å². The number of carbonyl (C=O) groups is 1. The molecule has 1 aromatic heterocycles. The second kappa shape index (κ2) is 11.9. The van der Waals surface area contributed by atoms with Gasteiger partial charge in [0.2, 0.25) is 0 Å². The van der Waals surface area contributed by atoms with Crippen LogP contribution < -0.4 is 10.1 Å². The van der Waals surface area contributed by atoms with Crippen LogP contribution >= 0.6 is 23.2 Å². The van der Waals surface area contributed by atoms with E-state index in [9.17, 15) is 4.79 Å². The van der Waals surface area contributed by atoms with Crippen molar-refractivity contribution in [1.82, 2.24) is 14.9 Å². The molecule has 0 fully saturated rings. The molecule has 0 radical (unpaired) electrons. The number of halogens is 2. The van der Waals surface area contributed by atoms with E-state index in [1.54, 1.807) is 24.3 Å². The minimum absolute atomic E-state index is 0.0918. The van der Waals surface area contributed by atoms with Gasteiger partial charge in [-0.25, -0.2) is 4.98 Å². The summed E-state index contributed by atoms with van der Waals surface area (Å²) in [7, 11) is 0. The summed E-state index contributed by atoms with van der Waals surface area (Å²) >= 11 is 11.8. The highest BCUT2D eigenvalue weighted by atomic mass is 35.5. The Morgan fingerprint density at radius 2 is 1.59 bits per heavy atom. The van der Waals surface area contributed by atoms with E-state index >= 15 is 0 Å². The number of unbranched alkanes of at least 4 members (excludes halogenated alkanes) is 1. The van der Waals surface area contributed by atoms with Gasteiger partial charge in [0.25, 0.3) is 5.91 Å². The highest BCUT2D eigenvalue weighted by Gasteiger charge is 2.11. The third kappa shape index (κ3) is 6.52. The molecule has 0 saturated carbocycles. The fourth-order valence-corrected chi connectivity index (χ4v) is 4.06. The lowest BCUT2D eigenvalue weighted by Crippen LogP contribution is -2.25. The van der Waals surface area contributed by atoms with Crippen molar-refractivity contribution in [2.24, 2.45) is 0 Å². The number of hydrogen-bond acceptors (Lipinski definition) is 3. The third-order valence-corrected chi connectivity index (χ3v) is 6.07. The predicted molar refractivity (Wildman–Crippen MR) is 138 cm³/mol. The van der Waals surface area contributed by atoms with Gasteiger partial charge in [-0.15, -0.1) is 0 Å². The number of ether oxygens (including phenoxy) is 1. The molecule has 5 nitrogen and oxygen atoms in total. The molecular weight excluding hydrogens is 469 g/mol. The van der Waals surface area contributed by atoms with E-state index in [0.717, 1.165) is 54.8 Å². The lowest BCUT2D eigenvalue weighted by Gasteiger charge is -2.11. The van der Waals surface area contributed by atoms with Crippen LogP contribution in [-0.4, -0.2) is 28.6 Å². The molecule has 7 heteroatoms. The van der Waals surface area contributed by atoms with Crippen LogP contribution in [-0.2, 0) is 13.0 Å². The fourth-order valence-electron chi connectivity index (χ4n) is 3.81. The highest BCUT2D eigenvalue weighted by Crippen LogP contribution is 2.19. The summed E-state index contributed by atoms with van der Waals surface area (Å²) in [5.74, 6) is 1.78. The minimum Gasteiger partial charge on any atom is -0.494 e. The van der Waals surface area contributed by atoms with E-state index in [1.807, 2.05) is 42.5 Å². The second-order valence-electron chi connectivity index (χ2n) is 8.04. The molecule has 3 aromatic carbocycles. The average molecular weight is 496 g/mol. The summed E-state index contributed by atoms with van der Waals surface area (Å²) in [6, 6.07) is 22.5. The van der Waals surface area contributed by atoms with Gasteiger partial charge in [0.1, 0.15) is 11.6 Å². The normalized spacial score (nSPS) is 11.0. The molecule has 0 aliphatic rings. The molecule has 0 saturated heterocycles. The maximum Gasteiger partial charge on any atom is 0.251 e. The van der Waals surface area contributed by atoms with Gasteiger partial charge in [-0.3, -0.25) is 4.79 Å². The van der Waals surface area contributed by atoms with Gasteiger partial charge in [-0.05, 0) is 79.9 Å². The molecule has 1 heterocycles. The molecule has 0 aliphatic carbocycles. The first kappa shape index (κ1) is 24.1. The van der Waals surface area contributed by atoms with Crippen molar-refractivity contribution < 1.29 is 9.53 Å². The number of amides is 1. The monoisotopic (exact) mass is 495 g/mol. The zero-order valence-corrected chi connectivity index (χ0v) is 20.4. The molecule has 4 aromatic rings. The summed E-state index contributed by atoms with van der Waals surface area (Å²) in [4.78, 5) is 17.1. The summed E-state index contributed by atoms with van der Waals surface area (Å²) in [6.45, 7) is 2.11. The first-order chi connectivity index (χ1) is 16.6. The van der Waals surface area contributed by atoms with E-state index in [2.05, 4.69) is 16.0 Å². The predicted octanol–water partition coefficient (Wildman–Crippen LogP) is 6.56. The Balaban J connectivity index is 1.28. The number of benzene rings is 3. The third-order valence-electron chi connectivity index (χ3n) is 5.56. The number of nitrogens with one attached hydrogen (secondary N) is 1. The molecule has 1 N–H and O–H groups in total. The van der Waals surface area contributed by atoms with Gasteiger partial charge in [0, 0.05) is 35.1 Å². The fraction of sp³-hybridized carbons (Fsp3) is 0.259. The Hall–Kier alpha value is -3.02. The van der Waals surface area contributed by atoms with Crippen LogP contribution in [0.1, 0.15) is 35.4 Å². The first-order valence-corrected chi connectivity index (χ1v) is 12.2. The second-order valence-corrected chi connectivity index (χ2v) is 8.92. The Morgan fingerprint density at radius 1 is 0.882 bits per heavy atom. The van der Waals surface area contributed by atoms with Crippen molar-refractivity contribution in [2.75, 3.05) is 13.2 Å². The molecule has 176 valence electrons. The van der Waals surface area contributed by atoms with Crippen LogP contribution in [0.25, 0.3) is 11.0 Å². The highest BCUT2D eigenvalue weighted by molar-refractivity contribution is 6.30. The molecule has 1 amide bonds. The smallest absolute Gasteiger partial charge is 0.251 e. The van der Waals surface area contributed by atoms with Crippen molar-refractivity contribution >= 4 is 40.1 Å². The molecule has 0 aliphatic heterocycles. The molecule has 0 bridgehead atoms. The molecule has 0 spiro atoms. The van der Waals surface area contributed by atoms with Crippen molar-refractivity contribution in [3.05, 3.63) is 94.2 Å². The standard InChI is InChI=1S/C27H27Cl2N3O2/c28-21-11-9-20(10-12-21)27(33)30-17-5-8-26-31-24-6-1-2-7-25(24)32(26)18-3-4-19-34-23-15-13-22(29)14-16-23/h1-2,6-7,9-16H,3-5,8,17-19H2,(H,30,33). The number of aryl methyl sites for hydroxylation is 2. The molecule has 0 atom stereocenters. The van der Waals surface area contributed by atoms with E-state index in [4.69, 9.17) is 32.9 Å². The number of nitrogens with zero attached hydrogens (tertiary/aromatic N) is 2. The van der Waals surface area contributed by atoms with Crippen LogP contribution in [0, 0.1) is 0 Å². The Kier molecular flexibility index (Phi) is 8.45. The Bertz CT molecular complexity index is 1220. The van der Waals surface area contributed by atoms with Crippen LogP contribution in [0.5, 0.6) is 5.75 Å². The first-order valence-electron chi connectivity index (χ1n) is 11.5. The lowest BCUT2D eigenvalue weighted by molar-refractivity contribution is 0.0953. The van der Waals surface area contributed by atoms with Crippen molar-refractivity contribution in [1.29, 1.82) is 0 Å². The van der Waals surface area contributed by atoms with Gasteiger partial charge in [-0.1, -0.05) is 35.3 Å². The van der Waals surface area contributed by atoms with E-state index in [0.29, 0.717) is 28.8 Å². The van der Waals surface area contributed by atoms with Crippen molar-refractivity contribution in [3.63, 3.8) is 0 Å². The van der Waals surface area contributed by atoms with Gasteiger partial charge in [0.15, 0.2) is 0 Å². The molecular formula is C27H27Cl2N3O2. The SMILES string of the molecule is O=C(NCCCc1nc2ccccc2n1CCCCOc1ccc(Cl)cc1)c1ccc(Cl)cc1. The van der Waals surface area contributed by atoms with E-state index < -0.39 is 0 Å². The number of fused-ring (bicyclic) bond motifs is 1. The van der Waals surface area contributed by atoms with E-state index in [-0.39, 0.29) is 5.91 Å². The number of para-hydroxylation sites is 2. The van der Waals surface area contributed by atoms with Gasteiger partial charge < -0.3 is 14.6 Å². The number of carbonyl (C=O) groups excluding carboxylic acids is 1. The van der Waals surface area contributed by atoms with Crippen molar-refractivity contribution in [3.8, 4) is 5.75 Å². The van der Waals surface area contributed by atoms with Crippen LogP contribution in [0.3, 0.4) is 0 Å². The van der Waals surface area contributed by atoms with Crippen LogP contribution in [0.15, 0.2) is 72.8 Å². The maximum absolute atomic E-state index is 12.3. The largest absolute Gasteiger partial charge is 0.494 e. The molecule has 4 rings (SSSR count). The van der Waals surface area contributed by atoms with Gasteiger partial charge >= 0.3 is 0 Å². The zero-order chi connectivity index (χ0) is 23.8. The summed E-state index contributed by atoms with van der Waals surface area (Å²) in [5, 5.41) is 4.30. The average Bonchev–Trinajstić information content (AvgIpc) is 3.20. The van der Waals surface area contributed by atoms with Gasteiger partial charge in [0.05, 0.1) is 17.6 Å². The molecule has 0 unspecified atom stereocenters. The minimum atomic E-state index is -0.0918. The topological polar surface area (TPSA) is 56.2 Å². The summed E-state index contributed by atoms with van der Waals surface area (Å²) in [6.07, 6.45) is 3.51. The number of imidazole rings is 1. The lowest BCUT2D eigenvalue weighted by atomic mass is 10.2. The Morgan fingerprint density at radius 3 is 2.35 bits per heavy atom. The van der Waals surface area contributed by atoms with Gasteiger partial charge in [-0.2, -0.15) is 0 Å². The maximum atomic E-state index is 12.3. The molecule has 34 heavy (non-hydrogen) atoms. The number of rotatable bonds is 11. The van der Waals surface area contributed by atoms with Crippen molar-refractivity contribution in [2.45, 2.75) is 32.2 Å².